The van der Waals surface area contributed by atoms with Gasteiger partial charge in [0.05, 0.1) is 23.5 Å². The monoisotopic (exact) mass is 250 g/mol. The van der Waals surface area contributed by atoms with Crippen molar-refractivity contribution in [2.45, 2.75) is 0 Å². The van der Waals surface area contributed by atoms with Crippen LogP contribution in [0.1, 0.15) is 0 Å². The van der Waals surface area contributed by atoms with Gasteiger partial charge >= 0.3 is 0 Å². The van der Waals surface area contributed by atoms with E-state index in [2.05, 4.69) is 20.8 Å². The van der Waals surface area contributed by atoms with Gasteiger partial charge < -0.3 is 5.32 Å². The van der Waals surface area contributed by atoms with E-state index in [0.717, 1.165) is 11.4 Å². The maximum absolute atomic E-state index is 5.98. The summed E-state index contributed by atoms with van der Waals surface area (Å²) in [6, 6.07) is 5.38. The first-order valence-corrected chi connectivity index (χ1v) is 5.29. The molecule has 0 aliphatic heterocycles. The Balaban J connectivity index is 2.18. The molecule has 0 saturated carbocycles. The minimum Gasteiger partial charge on any atom is -0.339 e. The summed E-state index contributed by atoms with van der Waals surface area (Å²) in [6.45, 7) is 0. The van der Waals surface area contributed by atoms with Crippen LogP contribution in [0.3, 0.4) is 0 Å². The molecule has 0 aliphatic carbocycles. The molecule has 0 unspecified atom stereocenters. The molecule has 0 saturated heterocycles. The molecule has 0 amide bonds. The fourth-order valence-electron chi connectivity index (χ4n) is 1.29. The summed E-state index contributed by atoms with van der Waals surface area (Å²) in [6.07, 6.45) is 4.89. The smallest absolute Gasteiger partial charge is 0.132 e. The van der Waals surface area contributed by atoms with E-state index in [1.807, 2.05) is 0 Å². The standard InChI is InChI=1S/C11H11ClN4O/c1-17-16-8-2-5-14-11(6-8)15-10-3-4-13-7-9(10)12/h2-7H,1H3,(H2,13,14,15,16). The fourth-order valence-corrected chi connectivity index (χ4v) is 1.46. The van der Waals surface area contributed by atoms with Crippen LogP contribution < -0.4 is 10.8 Å². The largest absolute Gasteiger partial charge is 0.339 e. The zero-order chi connectivity index (χ0) is 12.1. The van der Waals surface area contributed by atoms with Crippen molar-refractivity contribution >= 4 is 28.8 Å². The number of anilines is 3. The Morgan fingerprint density at radius 3 is 2.94 bits per heavy atom. The third-order valence-electron chi connectivity index (χ3n) is 2.02. The van der Waals surface area contributed by atoms with Crippen molar-refractivity contribution < 1.29 is 4.84 Å². The number of nitrogens with zero attached hydrogens (tertiary/aromatic N) is 2. The molecule has 0 atom stereocenters. The van der Waals surface area contributed by atoms with Crippen LogP contribution in [0.5, 0.6) is 0 Å². The number of halogens is 1. The van der Waals surface area contributed by atoms with Gasteiger partial charge in [-0.1, -0.05) is 11.6 Å². The summed E-state index contributed by atoms with van der Waals surface area (Å²) in [5.74, 6) is 0.667. The second kappa shape index (κ2) is 5.47. The first kappa shape index (κ1) is 11.6. The van der Waals surface area contributed by atoms with E-state index < -0.39 is 0 Å². The van der Waals surface area contributed by atoms with E-state index in [0.29, 0.717) is 10.8 Å². The van der Waals surface area contributed by atoms with Crippen molar-refractivity contribution in [1.82, 2.24) is 9.97 Å². The molecule has 2 N–H and O–H groups in total. The first-order chi connectivity index (χ1) is 8.29. The molecule has 88 valence electrons. The molecule has 2 aromatic heterocycles. The Morgan fingerprint density at radius 1 is 1.29 bits per heavy atom. The van der Waals surface area contributed by atoms with Gasteiger partial charge in [0.2, 0.25) is 0 Å². The Hall–Kier alpha value is -1.85. The van der Waals surface area contributed by atoms with Crippen molar-refractivity contribution in [2.75, 3.05) is 17.9 Å². The molecule has 2 aromatic rings. The lowest BCUT2D eigenvalue weighted by molar-refractivity contribution is 0.271. The lowest BCUT2D eigenvalue weighted by Crippen LogP contribution is -1.98. The predicted molar refractivity (Wildman–Crippen MR) is 67.4 cm³/mol. The van der Waals surface area contributed by atoms with E-state index in [1.54, 1.807) is 43.9 Å². The molecule has 5 nitrogen and oxygen atoms in total. The third kappa shape index (κ3) is 3.05. The Bertz CT molecular complexity index is 506. The second-order valence-electron chi connectivity index (χ2n) is 3.22. The van der Waals surface area contributed by atoms with Crippen LogP contribution in [0.2, 0.25) is 5.02 Å². The van der Waals surface area contributed by atoms with E-state index in [4.69, 9.17) is 16.4 Å². The Kier molecular flexibility index (Phi) is 3.74. The van der Waals surface area contributed by atoms with Crippen molar-refractivity contribution in [2.24, 2.45) is 0 Å². The highest BCUT2D eigenvalue weighted by molar-refractivity contribution is 6.33. The van der Waals surface area contributed by atoms with Crippen LogP contribution in [0, 0.1) is 0 Å². The summed E-state index contributed by atoms with van der Waals surface area (Å²) in [5, 5.41) is 3.63. The molecule has 2 rings (SSSR count). The molecule has 0 bridgehead atoms. The van der Waals surface area contributed by atoms with Crippen molar-refractivity contribution in [1.29, 1.82) is 0 Å². The highest BCUT2D eigenvalue weighted by Gasteiger charge is 2.01. The minimum atomic E-state index is 0.541. The molecular formula is C11H11ClN4O. The van der Waals surface area contributed by atoms with Gasteiger partial charge in [-0.15, -0.1) is 0 Å². The van der Waals surface area contributed by atoms with Crippen LogP contribution in [-0.2, 0) is 4.84 Å². The van der Waals surface area contributed by atoms with Crippen molar-refractivity contribution in [3.05, 3.63) is 41.8 Å². The van der Waals surface area contributed by atoms with Gasteiger partial charge in [0, 0.05) is 24.7 Å². The number of nitrogens with one attached hydrogen (secondary N) is 2. The number of hydrogen-bond acceptors (Lipinski definition) is 5. The number of hydrogen-bond donors (Lipinski definition) is 2. The third-order valence-corrected chi connectivity index (χ3v) is 2.32. The lowest BCUT2D eigenvalue weighted by Gasteiger charge is -2.08. The van der Waals surface area contributed by atoms with E-state index in [9.17, 15) is 0 Å². The topological polar surface area (TPSA) is 59.1 Å². The number of aromatic nitrogens is 2. The summed E-state index contributed by atoms with van der Waals surface area (Å²) in [7, 11) is 1.55. The molecule has 0 spiro atoms. The molecule has 0 fully saturated rings. The SMILES string of the molecule is CONc1ccnc(Nc2ccncc2Cl)c1. The number of rotatable bonds is 4. The quantitative estimate of drug-likeness (QED) is 0.817. The van der Waals surface area contributed by atoms with Gasteiger partial charge in [-0.2, -0.15) is 0 Å². The van der Waals surface area contributed by atoms with Crippen molar-refractivity contribution in [3.8, 4) is 0 Å². The van der Waals surface area contributed by atoms with E-state index in [-0.39, 0.29) is 0 Å². The van der Waals surface area contributed by atoms with Gasteiger partial charge in [-0.05, 0) is 12.1 Å². The summed E-state index contributed by atoms with van der Waals surface area (Å²) in [5.41, 5.74) is 4.28. The van der Waals surface area contributed by atoms with Gasteiger partial charge in [0.15, 0.2) is 0 Å². The van der Waals surface area contributed by atoms with Gasteiger partial charge in [0.25, 0.3) is 0 Å². The first-order valence-electron chi connectivity index (χ1n) is 4.91. The molecule has 2 heterocycles. The van der Waals surface area contributed by atoms with Crippen LogP contribution in [0.4, 0.5) is 17.2 Å². The van der Waals surface area contributed by atoms with Crippen LogP contribution in [0.15, 0.2) is 36.8 Å². The fraction of sp³-hybridized carbons (Fsp3) is 0.0909. The average molecular weight is 251 g/mol. The maximum Gasteiger partial charge on any atom is 0.132 e. The van der Waals surface area contributed by atoms with Crippen molar-refractivity contribution in [3.63, 3.8) is 0 Å². The Morgan fingerprint density at radius 2 is 2.18 bits per heavy atom. The van der Waals surface area contributed by atoms with E-state index in [1.165, 1.54) is 0 Å². The molecular weight excluding hydrogens is 240 g/mol. The Labute approximate surface area is 104 Å². The highest BCUT2D eigenvalue weighted by atomic mass is 35.5. The van der Waals surface area contributed by atoms with Gasteiger partial charge in [0.1, 0.15) is 5.82 Å². The second-order valence-corrected chi connectivity index (χ2v) is 3.62. The van der Waals surface area contributed by atoms with Crippen LogP contribution in [0.25, 0.3) is 0 Å². The minimum absolute atomic E-state index is 0.541. The molecule has 6 heteroatoms. The zero-order valence-corrected chi connectivity index (χ0v) is 9.90. The average Bonchev–Trinajstić information content (AvgIpc) is 2.33. The number of pyridine rings is 2. The zero-order valence-electron chi connectivity index (χ0n) is 9.14. The maximum atomic E-state index is 5.98. The predicted octanol–water partition coefficient (Wildman–Crippen LogP) is 2.85. The summed E-state index contributed by atoms with van der Waals surface area (Å²) < 4.78 is 0. The highest BCUT2D eigenvalue weighted by Crippen LogP contribution is 2.23. The van der Waals surface area contributed by atoms with Gasteiger partial charge in [-0.25, -0.2) is 4.98 Å². The molecule has 0 aromatic carbocycles. The van der Waals surface area contributed by atoms with Crippen LogP contribution in [-0.4, -0.2) is 17.1 Å². The summed E-state index contributed by atoms with van der Waals surface area (Å²) >= 11 is 5.98. The molecule has 0 radical (unpaired) electrons. The van der Waals surface area contributed by atoms with Crippen LogP contribution >= 0.6 is 11.6 Å². The summed E-state index contributed by atoms with van der Waals surface area (Å²) in [4.78, 5) is 12.9. The normalized spacial score (nSPS) is 10.0. The molecule has 0 aliphatic rings. The lowest BCUT2D eigenvalue weighted by atomic mass is 10.3. The van der Waals surface area contributed by atoms with Gasteiger partial charge in [-0.3, -0.25) is 15.3 Å². The van der Waals surface area contributed by atoms with E-state index >= 15 is 0 Å². The molecule has 17 heavy (non-hydrogen) atoms.